The molecule has 0 aliphatic carbocycles. The Balaban J connectivity index is 2.32. The zero-order valence-electron chi connectivity index (χ0n) is 10.2. The number of likely N-dealkylation sites (N-methyl/N-ethyl adjacent to an activating group) is 1. The first-order valence-corrected chi connectivity index (χ1v) is 6.55. The highest BCUT2D eigenvalue weighted by molar-refractivity contribution is 9.10. The Labute approximate surface area is 111 Å². The summed E-state index contributed by atoms with van der Waals surface area (Å²) in [6.45, 7) is 6.45. The second-order valence-corrected chi connectivity index (χ2v) is 4.55. The van der Waals surface area contributed by atoms with E-state index in [1.165, 1.54) is 0 Å². The summed E-state index contributed by atoms with van der Waals surface area (Å²) < 4.78 is 0.959. The molecule has 1 N–H and O–H groups in total. The van der Waals surface area contributed by atoms with Crippen LogP contribution in [-0.2, 0) is 11.3 Å². The molecule has 0 saturated heterocycles. The van der Waals surface area contributed by atoms with Gasteiger partial charge in [-0.1, -0.05) is 0 Å². The molecule has 0 unspecified atom stereocenters. The van der Waals surface area contributed by atoms with Crippen molar-refractivity contribution in [1.82, 2.24) is 15.2 Å². The van der Waals surface area contributed by atoms with Crippen LogP contribution in [-0.4, -0.2) is 35.4 Å². The van der Waals surface area contributed by atoms with Gasteiger partial charge in [-0.25, -0.2) is 0 Å². The van der Waals surface area contributed by atoms with Crippen molar-refractivity contribution in [3.05, 3.63) is 28.5 Å². The van der Waals surface area contributed by atoms with E-state index < -0.39 is 0 Å². The van der Waals surface area contributed by atoms with E-state index in [0.717, 1.165) is 23.3 Å². The Kier molecular flexibility index (Phi) is 6.15. The normalized spacial score (nSPS) is 10.3. The molecular weight excluding hydrogens is 282 g/mol. The lowest BCUT2D eigenvalue weighted by Gasteiger charge is -2.18. The van der Waals surface area contributed by atoms with Crippen LogP contribution < -0.4 is 5.32 Å². The maximum atomic E-state index is 11.7. The molecule has 17 heavy (non-hydrogen) atoms. The summed E-state index contributed by atoms with van der Waals surface area (Å²) in [6, 6.07) is 3.87. The molecule has 5 heteroatoms. The van der Waals surface area contributed by atoms with Gasteiger partial charge in [0, 0.05) is 30.3 Å². The first-order chi connectivity index (χ1) is 8.17. The number of amides is 1. The third-order valence-electron chi connectivity index (χ3n) is 2.49. The van der Waals surface area contributed by atoms with Gasteiger partial charge in [0.05, 0.1) is 12.2 Å². The number of nitrogens with one attached hydrogen (secondary N) is 1. The van der Waals surface area contributed by atoms with Gasteiger partial charge < -0.3 is 10.2 Å². The van der Waals surface area contributed by atoms with Gasteiger partial charge in [0.2, 0.25) is 5.91 Å². The zero-order valence-corrected chi connectivity index (χ0v) is 11.8. The van der Waals surface area contributed by atoms with E-state index >= 15 is 0 Å². The van der Waals surface area contributed by atoms with Crippen LogP contribution in [0.3, 0.4) is 0 Å². The molecule has 1 amide bonds. The van der Waals surface area contributed by atoms with Gasteiger partial charge in [-0.2, -0.15) is 0 Å². The molecular formula is C12H18BrN3O. The zero-order chi connectivity index (χ0) is 12.7. The number of carbonyl (C=O) groups is 1. The predicted molar refractivity (Wildman–Crippen MR) is 71.6 cm³/mol. The highest BCUT2D eigenvalue weighted by Crippen LogP contribution is 2.06. The molecule has 1 aromatic heterocycles. The first-order valence-electron chi connectivity index (χ1n) is 5.76. The van der Waals surface area contributed by atoms with Crippen LogP contribution in [0.25, 0.3) is 0 Å². The molecule has 0 bridgehead atoms. The SMILES string of the molecule is CCN(CC)C(=O)CNCc1ccc(Br)cn1. The molecule has 0 spiro atoms. The van der Waals surface area contributed by atoms with Gasteiger partial charge in [0.1, 0.15) is 0 Å². The third-order valence-corrected chi connectivity index (χ3v) is 2.96. The van der Waals surface area contributed by atoms with Crippen molar-refractivity contribution >= 4 is 21.8 Å². The van der Waals surface area contributed by atoms with Crippen molar-refractivity contribution in [3.8, 4) is 0 Å². The summed E-state index contributed by atoms with van der Waals surface area (Å²) in [5.41, 5.74) is 0.931. The summed E-state index contributed by atoms with van der Waals surface area (Å²) in [7, 11) is 0. The molecule has 1 rings (SSSR count). The van der Waals surface area contributed by atoms with Crippen molar-refractivity contribution in [3.63, 3.8) is 0 Å². The second-order valence-electron chi connectivity index (χ2n) is 3.64. The van der Waals surface area contributed by atoms with Crippen molar-refractivity contribution in [1.29, 1.82) is 0 Å². The van der Waals surface area contributed by atoms with Crippen LogP contribution in [0.4, 0.5) is 0 Å². The van der Waals surface area contributed by atoms with E-state index in [1.54, 1.807) is 6.20 Å². The Morgan fingerprint density at radius 2 is 2.12 bits per heavy atom. The summed E-state index contributed by atoms with van der Waals surface area (Å²) in [5.74, 6) is 0.132. The summed E-state index contributed by atoms with van der Waals surface area (Å²) in [6.07, 6.45) is 1.75. The van der Waals surface area contributed by atoms with E-state index in [2.05, 4.69) is 26.2 Å². The van der Waals surface area contributed by atoms with Crippen LogP contribution in [0, 0.1) is 0 Å². The lowest BCUT2D eigenvalue weighted by Crippen LogP contribution is -2.37. The maximum absolute atomic E-state index is 11.7. The number of aromatic nitrogens is 1. The van der Waals surface area contributed by atoms with Crippen molar-refractivity contribution < 1.29 is 4.79 Å². The van der Waals surface area contributed by atoms with Crippen LogP contribution >= 0.6 is 15.9 Å². The fraction of sp³-hybridized carbons (Fsp3) is 0.500. The van der Waals surface area contributed by atoms with Crippen molar-refractivity contribution in [2.45, 2.75) is 20.4 Å². The minimum atomic E-state index is 0.132. The van der Waals surface area contributed by atoms with Gasteiger partial charge in [0.25, 0.3) is 0 Å². The van der Waals surface area contributed by atoms with Crippen LogP contribution in [0.1, 0.15) is 19.5 Å². The average molecular weight is 300 g/mol. The molecule has 0 fully saturated rings. The Morgan fingerprint density at radius 1 is 1.41 bits per heavy atom. The Morgan fingerprint density at radius 3 is 2.65 bits per heavy atom. The number of hydrogen-bond acceptors (Lipinski definition) is 3. The molecule has 0 aliphatic heterocycles. The van der Waals surface area contributed by atoms with Gasteiger partial charge in [-0.05, 0) is 41.9 Å². The largest absolute Gasteiger partial charge is 0.342 e. The number of rotatable bonds is 6. The number of pyridine rings is 1. The molecule has 0 aromatic carbocycles. The van der Waals surface area contributed by atoms with Crippen LogP contribution in [0.15, 0.2) is 22.8 Å². The molecule has 0 aliphatic rings. The van der Waals surface area contributed by atoms with E-state index in [4.69, 9.17) is 0 Å². The van der Waals surface area contributed by atoms with Crippen molar-refractivity contribution in [2.75, 3.05) is 19.6 Å². The number of carbonyl (C=O) groups excluding carboxylic acids is 1. The molecule has 4 nitrogen and oxygen atoms in total. The number of hydrogen-bond donors (Lipinski definition) is 1. The van der Waals surface area contributed by atoms with Crippen molar-refractivity contribution in [2.24, 2.45) is 0 Å². The smallest absolute Gasteiger partial charge is 0.236 e. The van der Waals surface area contributed by atoms with E-state index in [-0.39, 0.29) is 5.91 Å². The second kappa shape index (κ2) is 7.40. The standard InChI is InChI=1S/C12H18BrN3O/c1-3-16(4-2)12(17)9-14-8-11-6-5-10(13)7-15-11/h5-7,14H,3-4,8-9H2,1-2H3. The van der Waals surface area contributed by atoms with Crippen LogP contribution in [0.5, 0.6) is 0 Å². The highest BCUT2D eigenvalue weighted by Gasteiger charge is 2.08. The quantitative estimate of drug-likeness (QED) is 0.871. The van der Waals surface area contributed by atoms with Crippen LogP contribution in [0.2, 0.25) is 0 Å². The summed E-state index contributed by atoms with van der Waals surface area (Å²) in [4.78, 5) is 17.7. The predicted octanol–water partition coefficient (Wildman–Crippen LogP) is 1.80. The molecule has 94 valence electrons. The molecule has 0 radical (unpaired) electrons. The highest BCUT2D eigenvalue weighted by atomic mass is 79.9. The minimum Gasteiger partial charge on any atom is -0.342 e. The first kappa shape index (κ1) is 14.1. The molecule has 0 atom stereocenters. The topological polar surface area (TPSA) is 45.2 Å². The Hall–Kier alpha value is -0.940. The summed E-state index contributed by atoms with van der Waals surface area (Å²) in [5, 5.41) is 3.10. The molecule has 1 aromatic rings. The lowest BCUT2D eigenvalue weighted by molar-refractivity contribution is -0.129. The van der Waals surface area contributed by atoms with Gasteiger partial charge in [-0.15, -0.1) is 0 Å². The summed E-state index contributed by atoms with van der Waals surface area (Å²) >= 11 is 3.33. The number of halogens is 1. The van der Waals surface area contributed by atoms with E-state index in [0.29, 0.717) is 13.1 Å². The number of nitrogens with zero attached hydrogens (tertiary/aromatic N) is 2. The Bertz CT molecular complexity index is 349. The van der Waals surface area contributed by atoms with E-state index in [9.17, 15) is 4.79 Å². The fourth-order valence-corrected chi connectivity index (χ4v) is 1.73. The van der Waals surface area contributed by atoms with Gasteiger partial charge in [0.15, 0.2) is 0 Å². The fourth-order valence-electron chi connectivity index (χ4n) is 1.50. The average Bonchev–Trinajstić information content (AvgIpc) is 2.33. The molecule has 0 saturated carbocycles. The van der Waals surface area contributed by atoms with Gasteiger partial charge >= 0.3 is 0 Å². The monoisotopic (exact) mass is 299 g/mol. The third kappa shape index (κ3) is 4.83. The molecule has 1 heterocycles. The lowest BCUT2D eigenvalue weighted by atomic mass is 10.3. The van der Waals surface area contributed by atoms with E-state index in [1.807, 2.05) is 30.9 Å². The van der Waals surface area contributed by atoms with Gasteiger partial charge in [-0.3, -0.25) is 9.78 Å². The maximum Gasteiger partial charge on any atom is 0.236 e. The minimum absolute atomic E-state index is 0.132.